The number of hydrogen-bond acceptors (Lipinski definition) is 5. The van der Waals surface area contributed by atoms with Gasteiger partial charge in [0.15, 0.2) is 17.5 Å². The van der Waals surface area contributed by atoms with Gasteiger partial charge < -0.3 is 4.42 Å². The first-order valence-corrected chi connectivity index (χ1v) is 14.9. The van der Waals surface area contributed by atoms with Crippen LogP contribution in [0.3, 0.4) is 0 Å². The maximum Gasteiger partial charge on any atom is 0.164 e. The molecule has 45 heavy (non-hydrogen) atoms. The molecule has 9 rings (SSSR count). The molecule has 0 saturated carbocycles. The second-order valence-electron chi connectivity index (χ2n) is 11.2. The zero-order valence-corrected chi connectivity index (χ0v) is 24.1. The number of hydrogen-bond donors (Lipinski definition) is 0. The van der Waals surface area contributed by atoms with Gasteiger partial charge in [-0.05, 0) is 57.6 Å². The Labute approximate surface area is 258 Å². The van der Waals surface area contributed by atoms with Crippen LogP contribution in [-0.2, 0) is 0 Å². The summed E-state index contributed by atoms with van der Waals surface area (Å²) in [5.41, 5.74) is 6.64. The Morgan fingerprint density at radius 3 is 1.96 bits per heavy atom. The number of rotatable bonds is 4. The van der Waals surface area contributed by atoms with Gasteiger partial charge in [0.1, 0.15) is 11.2 Å². The van der Waals surface area contributed by atoms with E-state index in [1.807, 2.05) is 67.0 Å². The molecule has 0 aliphatic rings. The molecule has 0 N–H and O–H groups in total. The molecule has 3 heterocycles. The largest absolute Gasteiger partial charge is 0.456 e. The molecule has 0 unspecified atom stereocenters. The van der Waals surface area contributed by atoms with E-state index in [0.717, 1.165) is 55.0 Å². The summed E-state index contributed by atoms with van der Waals surface area (Å²) in [6.45, 7) is 0. The second kappa shape index (κ2) is 10.2. The monoisotopic (exact) mass is 576 g/mol. The van der Waals surface area contributed by atoms with Crippen molar-refractivity contribution in [3.8, 4) is 45.3 Å². The molecule has 0 spiro atoms. The highest BCUT2D eigenvalue weighted by Gasteiger charge is 2.18. The van der Waals surface area contributed by atoms with Gasteiger partial charge in [-0.3, -0.25) is 4.98 Å². The van der Waals surface area contributed by atoms with Crippen molar-refractivity contribution in [1.29, 1.82) is 0 Å². The molecule has 0 fully saturated rings. The van der Waals surface area contributed by atoms with Crippen LogP contribution < -0.4 is 0 Å². The van der Waals surface area contributed by atoms with Crippen molar-refractivity contribution < 1.29 is 4.42 Å². The molecule has 0 aliphatic heterocycles. The van der Waals surface area contributed by atoms with Gasteiger partial charge in [-0.25, -0.2) is 15.0 Å². The van der Waals surface area contributed by atoms with Gasteiger partial charge in [-0.15, -0.1) is 0 Å². The average Bonchev–Trinajstić information content (AvgIpc) is 3.48. The maximum atomic E-state index is 6.34. The number of pyridine rings is 1. The lowest BCUT2D eigenvalue weighted by Gasteiger charge is -2.10. The minimum absolute atomic E-state index is 0.598. The molecular weight excluding hydrogens is 552 g/mol. The van der Waals surface area contributed by atoms with Gasteiger partial charge in [-0.2, -0.15) is 0 Å². The molecule has 9 aromatic rings. The van der Waals surface area contributed by atoms with E-state index in [2.05, 4.69) is 83.8 Å². The molecular formula is C40H24N4O. The summed E-state index contributed by atoms with van der Waals surface area (Å²) in [4.78, 5) is 19.3. The fourth-order valence-corrected chi connectivity index (χ4v) is 6.12. The van der Waals surface area contributed by atoms with Crippen LogP contribution in [0.1, 0.15) is 0 Å². The predicted octanol–water partition coefficient (Wildman–Crippen LogP) is 10.1. The minimum Gasteiger partial charge on any atom is -0.456 e. The smallest absolute Gasteiger partial charge is 0.164 e. The Bertz CT molecular complexity index is 2540. The van der Waals surface area contributed by atoms with Crippen LogP contribution in [0.5, 0.6) is 0 Å². The van der Waals surface area contributed by atoms with Crippen LogP contribution in [0.4, 0.5) is 0 Å². The maximum absolute atomic E-state index is 6.34. The molecule has 0 bridgehead atoms. The summed E-state index contributed by atoms with van der Waals surface area (Å²) >= 11 is 0. The van der Waals surface area contributed by atoms with Crippen LogP contribution in [0.15, 0.2) is 150 Å². The molecule has 0 atom stereocenters. The first-order valence-electron chi connectivity index (χ1n) is 14.9. The Balaban J connectivity index is 1.21. The summed E-state index contributed by atoms with van der Waals surface area (Å²) in [7, 11) is 0. The van der Waals surface area contributed by atoms with E-state index in [1.165, 1.54) is 16.3 Å². The van der Waals surface area contributed by atoms with Crippen molar-refractivity contribution in [3.05, 3.63) is 146 Å². The molecule has 0 radical (unpaired) electrons. The van der Waals surface area contributed by atoms with E-state index in [1.54, 1.807) is 0 Å². The first kappa shape index (κ1) is 25.3. The van der Waals surface area contributed by atoms with Gasteiger partial charge in [0.2, 0.25) is 0 Å². The van der Waals surface area contributed by atoms with Crippen molar-refractivity contribution in [2.45, 2.75) is 0 Å². The van der Waals surface area contributed by atoms with Crippen LogP contribution in [0, 0.1) is 0 Å². The lowest BCUT2D eigenvalue weighted by atomic mass is 10.00. The van der Waals surface area contributed by atoms with Crippen LogP contribution in [-0.4, -0.2) is 19.9 Å². The molecule has 6 aromatic carbocycles. The number of fused-ring (bicyclic) bond motifs is 5. The second-order valence-corrected chi connectivity index (χ2v) is 11.2. The fraction of sp³-hybridized carbons (Fsp3) is 0. The van der Waals surface area contributed by atoms with Crippen LogP contribution >= 0.6 is 0 Å². The van der Waals surface area contributed by atoms with Crippen molar-refractivity contribution in [2.24, 2.45) is 0 Å². The predicted molar refractivity (Wildman–Crippen MR) is 182 cm³/mol. The summed E-state index contributed by atoms with van der Waals surface area (Å²) in [6.07, 6.45) is 3.67. The summed E-state index contributed by atoms with van der Waals surface area (Å²) in [6, 6.07) is 45.8. The number of nitrogens with zero attached hydrogens (tertiary/aromatic N) is 4. The number of benzene rings is 6. The molecule has 0 aliphatic carbocycles. The zero-order chi connectivity index (χ0) is 29.7. The third-order valence-corrected chi connectivity index (χ3v) is 8.39. The highest BCUT2D eigenvalue weighted by atomic mass is 16.3. The standard InChI is InChI=1S/C40H24N4O/c1-2-8-27(9-3-1)38-42-39(28-16-13-26(14-17-28)30-18-15-25-7-4-5-10-29(25)21-30)44-40(43-38)33-11-6-12-35-37(33)34-22-31-19-20-41-24-32(31)23-36(34)45-35/h1-24H. The molecule has 0 saturated heterocycles. The van der Waals surface area contributed by atoms with Crippen molar-refractivity contribution in [3.63, 3.8) is 0 Å². The molecule has 5 heteroatoms. The number of aromatic nitrogens is 4. The first-order chi connectivity index (χ1) is 22.3. The van der Waals surface area contributed by atoms with Gasteiger partial charge in [-0.1, -0.05) is 103 Å². The Kier molecular flexibility index (Phi) is 5.74. The van der Waals surface area contributed by atoms with E-state index in [0.29, 0.717) is 17.5 Å². The third kappa shape index (κ3) is 4.41. The van der Waals surface area contributed by atoms with Crippen LogP contribution in [0.2, 0.25) is 0 Å². The zero-order valence-electron chi connectivity index (χ0n) is 24.1. The highest BCUT2D eigenvalue weighted by Crippen LogP contribution is 2.38. The molecule has 3 aromatic heterocycles. The quantitative estimate of drug-likeness (QED) is 0.209. The Morgan fingerprint density at radius 2 is 1.11 bits per heavy atom. The molecule has 0 amide bonds. The number of furan rings is 1. The highest BCUT2D eigenvalue weighted by molar-refractivity contribution is 6.15. The van der Waals surface area contributed by atoms with Crippen molar-refractivity contribution >= 4 is 43.5 Å². The normalized spacial score (nSPS) is 11.6. The van der Waals surface area contributed by atoms with Gasteiger partial charge in [0, 0.05) is 45.2 Å². The van der Waals surface area contributed by atoms with E-state index < -0.39 is 0 Å². The minimum atomic E-state index is 0.598. The lowest BCUT2D eigenvalue weighted by Crippen LogP contribution is -2.00. The van der Waals surface area contributed by atoms with Crippen molar-refractivity contribution in [1.82, 2.24) is 19.9 Å². The van der Waals surface area contributed by atoms with Gasteiger partial charge >= 0.3 is 0 Å². The summed E-state index contributed by atoms with van der Waals surface area (Å²) in [5.74, 6) is 1.83. The third-order valence-electron chi connectivity index (χ3n) is 8.39. The average molecular weight is 577 g/mol. The van der Waals surface area contributed by atoms with E-state index in [-0.39, 0.29) is 0 Å². The molecule has 210 valence electrons. The van der Waals surface area contributed by atoms with Crippen LogP contribution in [0.25, 0.3) is 88.8 Å². The SMILES string of the molecule is c1ccc(-c2nc(-c3ccc(-c4ccc5ccccc5c4)cc3)nc(-c3cccc4oc5cc6cnccc6cc5c34)n2)cc1. The van der Waals surface area contributed by atoms with E-state index >= 15 is 0 Å². The van der Waals surface area contributed by atoms with Gasteiger partial charge in [0.25, 0.3) is 0 Å². The summed E-state index contributed by atoms with van der Waals surface area (Å²) in [5, 5.41) is 6.58. The lowest BCUT2D eigenvalue weighted by molar-refractivity contribution is 0.669. The van der Waals surface area contributed by atoms with Gasteiger partial charge in [0.05, 0.1) is 0 Å². The Morgan fingerprint density at radius 1 is 0.422 bits per heavy atom. The van der Waals surface area contributed by atoms with Crippen molar-refractivity contribution in [2.75, 3.05) is 0 Å². The van der Waals surface area contributed by atoms with E-state index in [9.17, 15) is 0 Å². The molecule has 5 nitrogen and oxygen atoms in total. The fourth-order valence-electron chi connectivity index (χ4n) is 6.12. The topological polar surface area (TPSA) is 64.7 Å². The van der Waals surface area contributed by atoms with E-state index in [4.69, 9.17) is 19.4 Å². The Hall–Kier alpha value is -6.20. The summed E-state index contributed by atoms with van der Waals surface area (Å²) < 4.78 is 6.34.